The first-order valence-corrected chi connectivity index (χ1v) is 6.69. The Morgan fingerprint density at radius 1 is 1.50 bits per heavy atom. The number of carbonyl (C=O) groups excluding carboxylic acids is 1. The molecule has 3 rings (SSSR count). The van der Waals surface area contributed by atoms with E-state index < -0.39 is 0 Å². The summed E-state index contributed by atoms with van der Waals surface area (Å²) in [5.74, 6) is 0.144. The van der Waals surface area contributed by atoms with Gasteiger partial charge in [-0.1, -0.05) is 17.7 Å². The summed E-state index contributed by atoms with van der Waals surface area (Å²) in [5.41, 5.74) is 1.94. The van der Waals surface area contributed by atoms with E-state index >= 15 is 0 Å². The largest absolute Gasteiger partial charge is 0.355 e. The average Bonchev–Trinajstić information content (AvgIpc) is 2.40. The molecule has 2 aliphatic heterocycles. The summed E-state index contributed by atoms with van der Waals surface area (Å²) < 4.78 is 0. The first kappa shape index (κ1) is 11.8. The number of nitrogens with one attached hydrogen (secondary N) is 1. The molecule has 18 heavy (non-hydrogen) atoms. The van der Waals surface area contributed by atoms with Gasteiger partial charge in [0, 0.05) is 26.2 Å². The standard InChI is InChI=1S/C13H16ClN3O/c1-2-16-12-9(14)4-3-5-10(12)17-7-6-15-8-11(17)13(16)18/h3-5,11,15H,2,6-8H2,1H3. The van der Waals surface area contributed by atoms with Crippen molar-refractivity contribution in [3.05, 3.63) is 23.2 Å². The molecule has 2 heterocycles. The van der Waals surface area contributed by atoms with E-state index in [1.54, 1.807) is 4.90 Å². The minimum absolute atomic E-state index is 0.0929. The number of nitrogens with zero attached hydrogens (tertiary/aromatic N) is 2. The number of halogens is 1. The van der Waals surface area contributed by atoms with Crippen LogP contribution in [-0.4, -0.2) is 38.1 Å². The van der Waals surface area contributed by atoms with E-state index in [2.05, 4.69) is 16.3 Å². The first-order valence-electron chi connectivity index (χ1n) is 6.31. The van der Waals surface area contributed by atoms with Crippen LogP contribution in [0.1, 0.15) is 6.92 Å². The lowest BCUT2D eigenvalue weighted by Crippen LogP contribution is -2.61. The van der Waals surface area contributed by atoms with Crippen molar-refractivity contribution >= 4 is 28.9 Å². The van der Waals surface area contributed by atoms with Crippen molar-refractivity contribution in [3.63, 3.8) is 0 Å². The normalized spacial score (nSPS) is 22.8. The molecule has 1 fully saturated rings. The molecule has 1 atom stereocenters. The smallest absolute Gasteiger partial charge is 0.251 e. The molecular formula is C13H16ClN3O. The maximum atomic E-state index is 12.5. The fraction of sp³-hybridized carbons (Fsp3) is 0.462. The predicted molar refractivity (Wildman–Crippen MR) is 73.5 cm³/mol. The fourth-order valence-electron chi connectivity index (χ4n) is 2.82. The molecule has 1 unspecified atom stereocenters. The lowest BCUT2D eigenvalue weighted by Gasteiger charge is -2.45. The number of likely N-dealkylation sites (N-methyl/N-ethyl adjacent to an activating group) is 1. The van der Waals surface area contributed by atoms with Crippen molar-refractivity contribution < 1.29 is 4.79 Å². The quantitative estimate of drug-likeness (QED) is 0.836. The van der Waals surface area contributed by atoms with Crippen molar-refractivity contribution in [2.75, 3.05) is 36.0 Å². The number of benzene rings is 1. The summed E-state index contributed by atoms with van der Waals surface area (Å²) in [6.07, 6.45) is 0. The van der Waals surface area contributed by atoms with Crippen LogP contribution < -0.4 is 15.1 Å². The summed E-state index contributed by atoms with van der Waals surface area (Å²) in [7, 11) is 0. The molecule has 1 amide bonds. The second-order valence-electron chi connectivity index (χ2n) is 4.60. The highest BCUT2D eigenvalue weighted by Crippen LogP contribution is 2.41. The number of para-hydroxylation sites is 1. The van der Waals surface area contributed by atoms with Crippen LogP contribution in [0.4, 0.5) is 11.4 Å². The molecule has 0 bridgehead atoms. The van der Waals surface area contributed by atoms with E-state index in [0.29, 0.717) is 18.1 Å². The number of carbonyl (C=O) groups is 1. The lowest BCUT2D eigenvalue weighted by molar-refractivity contribution is -0.120. The van der Waals surface area contributed by atoms with Crippen molar-refractivity contribution in [3.8, 4) is 0 Å². The van der Waals surface area contributed by atoms with Gasteiger partial charge < -0.3 is 15.1 Å². The number of fused-ring (bicyclic) bond motifs is 3. The Morgan fingerprint density at radius 2 is 2.33 bits per heavy atom. The van der Waals surface area contributed by atoms with E-state index in [4.69, 9.17) is 11.6 Å². The topological polar surface area (TPSA) is 35.6 Å². The molecule has 1 saturated heterocycles. The van der Waals surface area contributed by atoms with Crippen LogP contribution in [0.3, 0.4) is 0 Å². The van der Waals surface area contributed by atoms with Gasteiger partial charge in [0.25, 0.3) is 5.91 Å². The summed E-state index contributed by atoms with van der Waals surface area (Å²) >= 11 is 6.28. The molecular weight excluding hydrogens is 250 g/mol. The summed E-state index contributed by atoms with van der Waals surface area (Å²) in [6, 6.07) is 5.75. The summed E-state index contributed by atoms with van der Waals surface area (Å²) in [5, 5.41) is 3.93. The van der Waals surface area contributed by atoms with E-state index in [-0.39, 0.29) is 11.9 Å². The second-order valence-corrected chi connectivity index (χ2v) is 5.01. The van der Waals surface area contributed by atoms with Crippen molar-refractivity contribution in [1.82, 2.24) is 5.32 Å². The van der Waals surface area contributed by atoms with Gasteiger partial charge in [0.2, 0.25) is 0 Å². The maximum Gasteiger partial charge on any atom is 0.251 e. The molecule has 4 nitrogen and oxygen atoms in total. The van der Waals surface area contributed by atoms with Gasteiger partial charge in [-0.2, -0.15) is 0 Å². The number of hydrogen-bond donors (Lipinski definition) is 1. The lowest BCUT2D eigenvalue weighted by atomic mass is 10.0. The monoisotopic (exact) mass is 265 g/mol. The van der Waals surface area contributed by atoms with Crippen LogP contribution in [0, 0.1) is 0 Å². The minimum Gasteiger partial charge on any atom is -0.355 e. The van der Waals surface area contributed by atoms with Crippen molar-refractivity contribution in [2.24, 2.45) is 0 Å². The zero-order chi connectivity index (χ0) is 12.7. The molecule has 1 aromatic carbocycles. The molecule has 1 aromatic rings. The molecule has 1 N–H and O–H groups in total. The number of piperazine rings is 1. The highest BCUT2D eigenvalue weighted by molar-refractivity contribution is 6.35. The van der Waals surface area contributed by atoms with Crippen molar-refractivity contribution in [2.45, 2.75) is 13.0 Å². The molecule has 0 aromatic heterocycles. The van der Waals surface area contributed by atoms with Crippen LogP contribution in [0.15, 0.2) is 18.2 Å². The highest BCUT2D eigenvalue weighted by atomic mass is 35.5. The van der Waals surface area contributed by atoms with Crippen LogP contribution in [0.5, 0.6) is 0 Å². The van der Waals surface area contributed by atoms with E-state index in [1.165, 1.54) is 0 Å². The third-order valence-electron chi connectivity index (χ3n) is 3.66. The average molecular weight is 266 g/mol. The Morgan fingerprint density at radius 3 is 3.11 bits per heavy atom. The van der Waals surface area contributed by atoms with Gasteiger partial charge in [0.1, 0.15) is 6.04 Å². The predicted octanol–water partition coefficient (Wildman–Crippen LogP) is 1.48. The van der Waals surface area contributed by atoms with E-state index in [9.17, 15) is 4.79 Å². The SMILES string of the molecule is CCN1C(=O)C2CNCCN2c2cccc(Cl)c21. The third-order valence-corrected chi connectivity index (χ3v) is 3.96. The number of rotatable bonds is 1. The third kappa shape index (κ3) is 1.60. The molecule has 0 radical (unpaired) electrons. The van der Waals surface area contributed by atoms with Crippen LogP contribution in [0.2, 0.25) is 5.02 Å². The van der Waals surface area contributed by atoms with Crippen molar-refractivity contribution in [1.29, 1.82) is 0 Å². The van der Waals surface area contributed by atoms with Crippen LogP contribution in [0.25, 0.3) is 0 Å². The minimum atomic E-state index is -0.0929. The molecule has 2 aliphatic rings. The molecule has 0 aliphatic carbocycles. The highest BCUT2D eigenvalue weighted by Gasteiger charge is 2.39. The molecule has 96 valence electrons. The Bertz CT molecular complexity index is 491. The van der Waals surface area contributed by atoms with Gasteiger partial charge in [0.15, 0.2) is 0 Å². The second kappa shape index (κ2) is 4.44. The maximum absolute atomic E-state index is 12.5. The van der Waals surface area contributed by atoms with Gasteiger partial charge in [-0.3, -0.25) is 4.79 Å². The molecule has 5 heteroatoms. The number of anilines is 2. The van der Waals surface area contributed by atoms with E-state index in [1.807, 2.05) is 19.1 Å². The van der Waals surface area contributed by atoms with Gasteiger partial charge >= 0.3 is 0 Å². The molecule has 0 spiro atoms. The first-order chi connectivity index (χ1) is 8.74. The Balaban J connectivity index is 2.15. The summed E-state index contributed by atoms with van der Waals surface area (Å²) in [4.78, 5) is 16.5. The van der Waals surface area contributed by atoms with Crippen LogP contribution in [-0.2, 0) is 4.79 Å². The Hall–Kier alpha value is -1.26. The van der Waals surface area contributed by atoms with Crippen LogP contribution >= 0.6 is 11.6 Å². The molecule has 0 saturated carbocycles. The number of amides is 1. The van der Waals surface area contributed by atoms with E-state index in [0.717, 1.165) is 24.5 Å². The summed E-state index contributed by atoms with van der Waals surface area (Å²) in [6.45, 7) is 5.10. The zero-order valence-corrected chi connectivity index (χ0v) is 11.1. The Labute approximate surface area is 112 Å². The van der Waals surface area contributed by atoms with Gasteiger partial charge in [-0.05, 0) is 19.1 Å². The van der Waals surface area contributed by atoms with Gasteiger partial charge in [-0.15, -0.1) is 0 Å². The van der Waals surface area contributed by atoms with Gasteiger partial charge in [-0.25, -0.2) is 0 Å². The Kier molecular flexibility index (Phi) is 2.92. The fourth-order valence-corrected chi connectivity index (χ4v) is 3.09. The zero-order valence-electron chi connectivity index (χ0n) is 10.3. The van der Waals surface area contributed by atoms with Gasteiger partial charge in [0.05, 0.1) is 16.4 Å². The number of hydrogen-bond acceptors (Lipinski definition) is 3.